The van der Waals surface area contributed by atoms with Crippen LogP contribution in [0.3, 0.4) is 0 Å². The third kappa shape index (κ3) is 2.74. The van der Waals surface area contributed by atoms with Gasteiger partial charge in [0.25, 0.3) is 0 Å². The quantitative estimate of drug-likeness (QED) is 0.524. The van der Waals surface area contributed by atoms with Crippen LogP contribution in [0.2, 0.25) is 0 Å². The predicted octanol–water partition coefficient (Wildman–Crippen LogP) is 6.92. The molecule has 0 aliphatic heterocycles. The summed E-state index contributed by atoms with van der Waals surface area (Å²) in [5, 5.41) is 0. The van der Waals surface area contributed by atoms with E-state index in [2.05, 4.69) is 91.5 Å². The summed E-state index contributed by atoms with van der Waals surface area (Å²) in [5.74, 6) is 2.52. The fraction of sp³-hybridized carbons (Fsp3) is 0.333. The van der Waals surface area contributed by atoms with Crippen molar-refractivity contribution in [2.45, 2.75) is 31.6 Å². The minimum absolute atomic E-state index is 0.155. The molecule has 4 atom stereocenters. The SMILES string of the molecule is C=CC1=C[C@]2(C(c3ccccc3)c3ccccc3)CC1CC1CC=CC2C1. The van der Waals surface area contributed by atoms with Crippen molar-refractivity contribution in [2.75, 3.05) is 0 Å². The molecule has 0 N–H and O–H groups in total. The van der Waals surface area contributed by atoms with Crippen molar-refractivity contribution in [3.63, 3.8) is 0 Å². The third-order valence-corrected chi connectivity index (χ3v) is 7.28. The Balaban J connectivity index is 1.73. The molecule has 0 heteroatoms. The van der Waals surface area contributed by atoms with Crippen LogP contribution in [-0.2, 0) is 0 Å². The van der Waals surface area contributed by atoms with Gasteiger partial charge in [-0.2, -0.15) is 0 Å². The monoisotopic (exact) mass is 352 g/mol. The molecule has 0 spiro atoms. The first kappa shape index (κ1) is 16.8. The van der Waals surface area contributed by atoms with E-state index in [1.165, 1.54) is 42.4 Å². The summed E-state index contributed by atoms with van der Waals surface area (Å²) in [6, 6.07) is 22.4. The average Bonchev–Trinajstić information content (AvgIpc) is 3.04. The molecule has 2 aromatic rings. The molecule has 0 nitrogen and oxygen atoms in total. The lowest BCUT2D eigenvalue weighted by atomic mass is 9.59. The Morgan fingerprint density at radius 3 is 2.22 bits per heavy atom. The van der Waals surface area contributed by atoms with E-state index in [0.29, 0.717) is 17.8 Å². The zero-order valence-electron chi connectivity index (χ0n) is 15.9. The lowest BCUT2D eigenvalue weighted by Gasteiger charge is -2.43. The van der Waals surface area contributed by atoms with Gasteiger partial charge in [0.05, 0.1) is 0 Å². The smallest absolute Gasteiger partial charge is 0.0186 e. The molecule has 0 heterocycles. The van der Waals surface area contributed by atoms with E-state index in [0.717, 1.165) is 5.92 Å². The number of rotatable bonds is 4. The highest BCUT2D eigenvalue weighted by atomic mass is 14.6. The first-order valence-electron chi connectivity index (χ1n) is 10.4. The topological polar surface area (TPSA) is 0 Å². The summed E-state index contributed by atoms with van der Waals surface area (Å²) >= 11 is 0. The second-order valence-corrected chi connectivity index (χ2v) is 8.72. The highest BCUT2D eigenvalue weighted by Crippen LogP contribution is 2.62. The number of hydrogen-bond acceptors (Lipinski definition) is 0. The minimum Gasteiger partial charge on any atom is -0.0988 e. The predicted molar refractivity (Wildman–Crippen MR) is 114 cm³/mol. The van der Waals surface area contributed by atoms with Crippen molar-refractivity contribution in [1.29, 1.82) is 0 Å². The highest BCUT2D eigenvalue weighted by Gasteiger charge is 2.52. The van der Waals surface area contributed by atoms with Crippen molar-refractivity contribution in [2.24, 2.45) is 23.2 Å². The number of hydrogen-bond donors (Lipinski definition) is 0. The molecule has 1 fully saturated rings. The Bertz CT molecular complexity index is 833. The largest absolute Gasteiger partial charge is 0.0988 e. The van der Waals surface area contributed by atoms with Gasteiger partial charge in [0, 0.05) is 11.3 Å². The number of benzene rings is 2. The van der Waals surface area contributed by atoms with Gasteiger partial charge in [-0.05, 0) is 60.1 Å². The van der Waals surface area contributed by atoms with E-state index in [9.17, 15) is 0 Å². The van der Waals surface area contributed by atoms with E-state index < -0.39 is 0 Å². The zero-order valence-corrected chi connectivity index (χ0v) is 15.9. The summed E-state index contributed by atoms with van der Waals surface area (Å²) in [6.45, 7) is 4.18. The van der Waals surface area contributed by atoms with Gasteiger partial charge in [0.2, 0.25) is 0 Å². The maximum atomic E-state index is 4.18. The Kier molecular flexibility index (Phi) is 4.16. The van der Waals surface area contributed by atoms with Gasteiger partial charge < -0.3 is 0 Å². The van der Waals surface area contributed by atoms with Crippen molar-refractivity contribution in [1.82, 2.24) is 0 Å². The van der Waals surface area contributed by atoms with Crippen LogP contribution in [0, 0.1) is 23.2 Å². The lowest BCUT2D eigenvalue weighted by Crippen LogP contribution is -2.34. The number of fused-ring (bicyclic) bond motifs is 5. The van der Waals surface area contributed by atoms with E-state index in [4.69, 9.17) is 0 Å². The molecule has 3 aliphatic carbocycles. The van der Waals surface area contributed by atoms with Crippen molar-refractivity contribution in [3.05, 3.63) is 108 Å². The van der Waals surface area contributed by atoms with Gasteiger partial charge in [0.1, 0.15) is 0 Å². The molecule has 3 aliphatic rings. The molecular formula is C27H28. The van der Waals surface area contributed by atoms with Crippen LogP contribution in [0.5, 0.6) is 0 Å². The van der Waals surface area contributed by atoms with Crippen LogP contribution in [0.4, 0.5) is 0 Å². The summed E-state index contributed by atoms with van der Waals surface area (Å²) in [7, 11) is 0. The van der Waals surface area contributed by atoms with Gasteiger partial charge in [0.15, 0.2) is 0 Å². The zero-order chi connectivity index (χ0) is 18.3. The fourth-order valence-corrected chi connectivity index (χ4v) is 6.22. The van der Waals surface area contributed by atoms with E-state index in [1.807, 2.05) is 0 Å². The van der Waals surface area contributed by atoms with E-state index >= 15 is 0 Å². The first-order valence-corrected chi connectivity index (χ1v) is 10.4. The summed E-state index contributed by atoms with van der Waals surface area (Å²) < 4.78 is 0. The maximum absolute atomic E-state index is 4.18. The van der Waals surface area contributed by atoms with Crippen LogP contribution in [0.15, 0.2) is 97.1 Å². The fourth-order valence-electron chi connectivity index (χ4n) is 6.22. The van der Waals surface area contributed by atoms with Crippen LogP contribution in [-0.4, -0.2) is 0 Å². The molecule has 0 amide bonds. The minimum atomic E-state index is 0.155. The molecule has 27 heavy (non-hydrogen) atoms. The molecule has 136 valence electrons. The second-order valence-electron chi connectivity index (χ2n) is 8.72. The molecular weight excluding hydrogens is 324 g/mol. The Hall–Kier alpha value is -2.34. The molecule has 0 saturated heterocycles. The van der Waals surface area contributed by atoms with Gasteiger partial charge in [-0.25, -0.2) is 0 Å². The van der Waals surface area contributed by atoms with Crippen LogP contribution < -0.4 is 0 Å². The third-order valence-electron chi connectivity index (χ3n) is 7.28. The molecule has 4 bridgehead atoms. The summed E-state index contributed by atoms with van der Waals surface area (Å²) in [5.41, 5.74) is 4.54. The van der Waals surface area contributed by atoms with Gasteiger partial charge in [-0.1, -0.05) is 91.5 Å². The van der Waals surface area contributed by atoms with Gasteiger partial charge in [-0.3, -0.25) is 0 Å². The Labute approximate surface area is 163 Å². The average molecular weight is 353 g/mol. The van der Waals surface area contributed by atoms with Crippen LogP contribution in [0.25, 0.3) is 0 Å². The van der Waals surface area contributed by atoms with Gasteiger partial charge in [-0.15, -0.1) is 0 Å². The molecule has 0 aromatic heterocycles. The molecule has 5 rings (SSSR count). The molecule has 2 aromatic carbocycles. The van der Waals surface area contributed by atoms with Crippen molar-refractivity contribution < 1.29 is 0 Å². The van der Waals surface area contributed by atoms with Crippen molar-refractivity contribution in [3.8, 4) is 0 Å². The van der Waals surface area contributed by atoms with Crippen LogP contribution in [0.1, 0.15) is 42.7 Å². The summed E-state index contributed by atoms with van der Waals surface area (Å²) in [4.78, 5) is 0. The Morgan fingerprint density at radius 1 is 0.926 bits per heavy atom. The maximum Gasteiger partial charge on any atom is 0.0186 e. The summed E-state index contributed by atoms with van der Waals surface area (Å²) in [6.07, 6.45) is 15.0. The highest BCUT2D eigenvalue weighted by molar-refractivity contribution is 5.44. The second kappa shape index (κ2) is 6.68. The normalized spacial score (nSPS) is 31.4. The van der Waals surface area contributed by atoms with E-state index in [1.54, 1.807) is 0 Å². The Morgan fingerprint density at radius 2 is 1.59 bits per heavy atom. The molecule has 3 unspecified atom stereocenters. The van der Waals surface area contributed by atoms with Crippen LogP contribution >= 0.6 is 0 Å². The molecule has 1 saturated carbocycles. The van der Waals surface area contributed by atoms with Gasteiger partial charge >= 0.3 is 0 Å². The number of allylic oxidation sites excluding steroid dienone is 5. The standard InChI is InChI=1S/C27H28/c1-2-21-18-27(19-24(21)16-20-10-9-15-25(27)17-20)26(22-11-5-3-6-12-22)23-13-7-4-8-14-23/h2-9,11-15,18,20,24-26H,1,10,16-17,19H2/t20?,24?,25?,27-/m0/s1. The van der Waals surface area contributed by atoms with E-state index in [-0.39, 0.29) is 5.41 Å². The first-order chi connectivity index (χ1) is 13.3. The van der Waals surface area contributed by atoms with Crippen molar-refractivity contribution >= 4 is 0 Å². The molecule has 0 radical (unpaired) electrons. The lowest BCUT2D eigenvalue weighted by molar-refractivity contribution is 0.213.